The van der Waals surface area contributed by atoms with Crippen LogP contribution in [0, 0.1) is 12.7 Å². The monoisotopic (exact) mass is 309 g/mol. The SMILES string of the molecule is Cc1ccn2cc(C(=O)N[C@H]3CCc4c(F)cccc43)nc2c1. The van der Waals surface area contributed by atoms with Crippen LogP contribution in [-0.4, -0.2) is 15.3 Å². The quantitative estimate of drug-likeness (QED) is 0.790. The fraction of sp³-hybridized carbons (Fsp3) is 0.222. The second kappa shape index (κ2) is 5.19. The first-order valence-electron chi connectivity index (χ1n) is 7.65. The van der Waals surface area contributed by atoms with Gasteiger partial charge in [0.25, 0.3) is 5.91 Å². The standard InChI is InChI=1S/C18H16FN3O/c1-11-7-8-22-10-16(20-17(22)9-11)18(23)21-15-6-5-12-13(15)3-2-4-14(12)19/h2-4,7-10,15H,5-6H2,1H3,(H,21,23)/t15-/m0/s1. The van der Waals surface area contributed by atoms with E-state index in [1.165, 1.54) is 6.07 Å². The van der Waals surface area contributed by atoms with Gasteiger partial charge in [-0.15, -0.1) is 0 Å². The second-order valence-corrected chi connectivity index (χ2v) is 5.97. The number of pyridine rings is 1. The zero-order chi connectivity index (χ0) is 16.0. The predicted octanol–water partition coefficient (Wildman–Crippen LogP) is 3.20. The zero-order valence-corrected chi connectivity index (χ0v) is 12.7. The number of benzene rings is 1. The molecule has 0 spiro atoms. The Morgan fingerprint density at radius 2 is 2.26 bits per heavy atom. The molecule has 1 aliphatic carbocycles. The van der Waals surface area contributed by atoms with E-state index in [2.05, 4.69) is 10.3 Å². The minimum Gasteiger partial charge on any atom is -0.344 e. The first kappa shape index (κ1) is 13.9. The predicted molar refractivity (Wildman–Crippen MR) is 84.9 cm³/mol. The molecule has 4 rings (SSSR count). The van der Waals surface area contributed by atoms with Crippen LogP contribution in [0.3, 0.4) is 0 Å². The summed E-state index contributed by atoms with van der Waals surface area (Å²) in [5, 5.41) is 2.97. The number of aromatic nitrogens is 2. The molecule has 2 heterocycles. The Hall–Kier alpha value is -2.69. The molecule has 1 aromatic carbocycles. The van der Waals surface area contributed by atoms with Gasteiger partial charge in [0.15, 0.2) is 0 Å². The van der Waals surface area contributed by atoms with E-state index in [0.717, 1.165) is 16.8 Å². The molecule has 0 saturated heterocycles. The lowest BCUT2D eigenvalue weighted by atomic mass is 10.1. The number of carbonyl (C=O) groups excluding carboxylic acids is 1. The van der Waals surface area contributed by atoms with Crippen molar-refractivity contribution in [3.63, 3.8) is 0 Å². The maximum atomic E-state index is 13.8. The van der Waals surface area contributed by atoms with E-state index < -0.39 is 0 Å². The molecule has 116 valence electrons. The minimum atomic E-state index is -0.228. The minimum absolute atomic E-state index is 0.153. The summed E-state index contributed by atoms with van der Waals surface area (Å²) in [6, 6.07) is 8.77. The molecule has 5 heteroatoms. The van der Waals surface area contributed by atoms with Gasteiger partial charge in [-0.2, -0.15) is 0 Å². The molecule has 0 bridgehead atoms. The number of nitrogens with one attached hydrogen (secondary N) is 1. The smallest absolute Gasteiger partial charge is 0.271 e. The molecule has 1 aliphatic rings. The fourth-order valence-electron chi connectivity index (χ4n) is 3.18. The zero-order valence-electron chi connectivity index (χ0n) is 12.7. The van der Waals surface area contributed by atoms with E-state index in [1.54, 1.807) is 12.3 Å². The van der Waals surface area contributed by atoms with Gasteiger partial charge in [-0.25, -0.2) is 9.37 Å². The average Bonchev–Trinajstić information content (AvgIpc) is 3.12. The maximum Gasteiger partial charge on any atom is 0.271 e. The Balaban J connectivity index is 1.60. The van der Waals surface area contributed by atoms with Crippen LogP contribution in [0.15, 0.2) is 42.7 Å². The third-order valence-corrected chi connectivity index (χ3v) is 4.37. The van der Waals surface area contributed by atoms with Crippen LogP contribution < -0.4 is 5.32 Å². The van der Waals surface area contributed by atoms with Crippen LogP contribution in [0.1, 0.15) is 39.6 Å². The summed E-state index contributed by atoms with van der Waals surface area (Å²) in [6.07, 6.45) is 4.96. The Morgan fingerprint density at radius 3 is 3.13 bits per heavy atom. The molecule has 4 nitrogen and oxygen atoms in total. The van der Waals surface area contributed by atoms with Gasteiger partial charge in [0.1, 0.15) is 17.2 Å². The Labute approximate surface area is 133 Å². The van der Waals surface area contributed by atoms with Crippen LogP contribution in [0.25, 0.3) is 5.65 Å². The van der Waals surface area contributed by atoms with Crippen molar-refractivity contribution in [3.8, 4) is 0 Å². The Bertz CT molecular complexity index is 916. The van der Waals surface area contributed by atoms with E-state index in [1.807, 2.05) is 35.7 Å². The summed E-state index contributed by atoms with van der Waals surface area (Å²) in [4.78, 5) is 16.8. The molecule has 0 saturated carbocycles. The number of hydrogen-bond acceptors (Lipinski definition) is 2. The van der Waals surface area contributed by atoms with Gasteiger partial charge in [-0.3, -0.25) is 4.79 Å². The first-order chi connectivity index (χ1) is 11.1. The second-order valence-electron chi connectivity index (χ2n) is 5.97. The number of fused-ring (bicyclic) bond motifs is 2. The molecular weight excluding hydrogens is 293 g/mol. The van der Waals surface area contributed by atoms with Crippen LogP contribution in [-0.2, 0) is 6.42 Å². The number of halogens is 1. The molecule has 3 aromatic rings. The van der Waals surface area contributed by atoms with Gasteiger partial charge in [0.2, 0.25) is 0 Å². The average molecular weight is 309 g/mol. The van der Waals surface area contributed by atoms with Gasteiger partial charge in [0, 0.05) is 12.4 Å². The summed E-state index contributed by atoms with van der Waals surface area (Å²) >= 11 is 0. The Morgan fingerprint density at radius 1 is 1.39 bits per heavy atom. The third-order valence-electron chi connectivity index (χ3n) is 4.37. The number of amides is 1. The number of carbonyl (C=O) groups is 1. The summed E-state index contributed by atoms with van der Waals surface area (Å²) in [7, 11) is 0. The van der Waals surface area contributed by atoms with Crippen molar-refractivity contribution in [2.75, 3.05) is 0 Å². The summed E-state index contributed by atoms with van der Waals surface area (Å²) in [5.41, 5.74) is 3.80. The molecule has 0 aliphatic heterocycles. The van der Waals surface area contributed by atoms with Gasteiger partial charge in [0.05, 0.1) is 6.04 Å². The number of hydrogen-bond donors (Lipinski definition) is 1. The largest absolute Gasteiger partial charge is 0.344 e. The summed E-state index contributed by atoms with van der Waals surface area (Å²) in [6.45, 7) is 1.98. The van der Waals surface area contributed by atoms with Crippen LogP contribution >= 0.6 is 0 Å². The fourth-order valence-corrected chi connectivity index (χ4v) is 3.18. The van der Waals surface area contributed by atoms with E-state index in [-0.39, 0.29) is 17.8 Å². The molecule has 23 heavy (non-hydrogen) atoms. The first-order valence-corrected chi connectivity index (χ1v) is 7.65. The number of nitrogens with zero attached hydrogens (tertiary/aromatic N) is 2. The highest BCUT2D eigenvalue weighted by Gasteiger charge is 2.27. The van der Waals surface area contributed by atoms with Gasteiger partial charge >= 0.3 is 0 Å². The van der Waals surface area contributed by atoms with Gasteiger partial charge in [-0.05, 0) is 54.7 Å². The van der Waals surface area contributed by atoms with Gasteiger partial charge < -0.3 is 9.72 Å². The van der Waals surface area contributed by atoms with Crippen molar-refractivity contribution < 1.29 is 9.18 Å². The van der Waals surface area contributed by atoms with Crippen molar-refractivity contribution >= 4 is 11.6 Å². The van der Waals surface area contributed by atoms with Crippen molar-refractivity contribution in [1.82, 2.24) is 14.7 Å². The molecule has 2 aromatic heterocycles. The third kappa shape index (κ3) is 2.38. The number of imidazole rings is 1. The van der Waals surface area contributed by atoms with Crippen molar-refractivity contribution in [2.24, 2.45) is 0 Å². The topological polar surface area (TPSA) is 46.4 Å². The van der Waals surface area contributed by atoms with E-state index in [0.29, 0.717) is 24.1 Å². The molecule has 1 N–H and O–H groups in total. The highest BCUT2D eigenvalue weighted by molar-refractivity contribution is 5.93. The van der Waals surface area contributed by atoms with E-state index in [4.69, 9.17) is 0 Å². The molecule has 0 fully saturated rings. The lowest BCUT2D eigenvalue weighted by molar-refractivity contribution is 0.0932. The maximum absolute atomic E-state index is 13.8. The highest BCUT2D eigenvalue weighted by atomic mass is 19.1. The van der Waals surface area contributed by atoms with Crippen LogP contribution in [0.5, 0.6) is 0 Å². The number of aryl methyl sites for hydroxylation is 1. The van der Waals surface area contributed by atoms with Crippen LogP contribution in [0.2, 0.25) is 0 Å². The van der Waals surface area contributed by atoms with E-state index in [9.17, 15) is 9.18 Å². The Kier molecular flexibility index (Phi) is 3.15. The van der Waals surface area contributed by atoms with Crippen molar-refractivity contribution in [2.45, 2.75) is 25.8 Å². The molecular formula is C18H16FN3O. The molecule has 0 radical (unpaired) electrons. The number of rotatable bonds is 2. The highest BCUT2D eigenvalue weighted by Crippen LogP contribution is 2.32. The van der Waals surface area contributed by atoms with Crippen molar-refractivity contribution in [1.29, 1.82) is 0 Å². The van der Waals surface area contributed by atoms with Crippen molar-refractivity contribution in [3.05, 3.63) is 70.9 Å². The summed E-state index contributed by atoms with van der Waals surface area (Å²) in [5.74, 6) is -0.420. The van der Waals surface area contributed by atoms with E-state index >= 15 is 0 Å². The normalized spacial score (nSPS) is 16.5. The molecule has 1 atom stereocenters. The summed E-state index contributed by atoms with van der Waals surface area (Å²) < 4.78 is 15.6. The molecule has 1 amide bonds. The van der Waals surface area contributed by atoms with Gasteiger partial charge in [-0.1, -0.05) is 12.1 Å². The lowest BCUT2D eigenvalue weighted by Crippen LogP contribution is -2.27. The van der Waals surface area contributed by atoms with Crippen LogP contribution in [0.4, 0.5) is 4.39 Å². The lowest BCUT2D eigenvalue weighted by Gasteiger charge is -2.13. The molecule has 0 unspecified atom stereocenters.